The first kappa shape index (κ1) is 16.5. The third kappa shape index (κ3) is 4.58. The predicted octanol–water partition coefficient (Wildman–Crippen LogP) is 3.87. The van der Waals surface area contributed by atoms with E-state index in [-0.39, 0.29) is 24.4 Å². The van der Waals surface area contributed by atoms with E-state index >= 15 is 0 Å². The first-order valence-corrected chi connectivity index (χ1v) is 8.16. The van der Waals surface area contributed by atoms with E-state index in [0.29, 0.717) is 5.92 Å². The SMILES string of the molecule is CC[C@H](C)c1ccc(NC(=O)COC(=O)C2CCCC2)cc1. The maximum atomic E-state index is 11.8. The summed E-state index contributed by atoms with van der Waals surface area (Å²) in [5.41, 5.74) is 1.99. The van der Waals surface area contributed by atoms with Crippen molar-refractivity contribution in [1.29, 1.82) is 0 Å². The van der Waals surface area contributed by atoms with Gasteiger partial charge in [0, 0.05) is 5.69 Å². The van der Waals surface area contributed by atoms with Crippen molar-refractivity contribution in [3.8, 4) is 0 Å². The lowest BCUT2D eigenvalue weighted by molar-refractivity contribution is -0.151. The predicted molar refractivity (Wildman–Crippen MR) is 86.7 cm³/mol. The number of ether oxygens (including phenoxy) is 1. The molecule has 120 valence electrons. The molecule has 0 bridgehead atoms. The Morgan fingerprint density at radius 2 is 1.86 bits per heavy atom. The minimum atomic E-state index is -0.289. The zero-order valence-corrected chi connectivity index (χ0v) is 13.4. The van der Waals surface area contributed by atoms with Crippen molar-refractivity contribution >= 4 is 17.6 Å². The fourth-order valence-corrected chi connectivity index (χ4v) is 2.74. The van der Waals surface area contributed by atoms with Crippen LogP contribution >= 0.6 is 0 Å². The Hall–Kier alpha value is -1.84. The van der Waals surface area contributed by atoms with Crippen LogP contribution in [-0.4, -0.2) is 18.5 Å². The molecule has 2 rings (SSSR count). The van der Waals surface area contributed by atoms with Gasteiger partial charge in [-0.3, -0.25) is 9.59 Å². The van der Waals surface area contributed by atoms with E-state index in [2.05, 4.69) is 19.2 Å². The Morgan fingerprint density at radius 3 is 2.45 bits per heavy atom. The molecule has 1 aliphatic rings. The Kier molecular flexibility index (Phi) is 5.99. The number of carbonyl (C=O) groups is 2. The molecule has 1 aromatic carbocycles. The smallest absolute Gasteiger partial charge is 0.309 e. The number of hydrogen-bond donors (Lipinski definition) is 1. The first-order chi connectivity index (χ1) is 10.6. The molecule has 0 heterocycles. The molecule has 1 N–H and O–H groups in total. The summed E-state index contributed by atoms with van der Waals surface area (Å²) >= 11 is 0. The summed E-state index contributed by atoms with van der Waals surface area (Å²) in [6, 6.07) is 7.82. The van der Waals surface area contributed by atoms with Crippen molar-refractivity contribution in [2.24, 2.45) is 5.92 Å². The molecule has 4 nitrogen and oxygen atoms in total. The molecular formula is C18H25NO3. The van der Waals surface area contributed by atoms with Crippen molar-refractivity contribution in [3.05, 3.63) is 29.8 Å². The highest BCUT2D eigenvalue weighted by Gasteiger charge is 2.24. The maximum Gasteiger partial charge on any atom is 0.309 e. The van der Waals surface area contributed by atoms with Crippen molar-refractivity contribution in [2.75, 3.05) is 11.9 Å². The van der Waals surface area contributed by atoms with E-state index in [9.17, 15) is 9.59 Å². The zero-order valence-electron chi connectivity index (χ0n) is 13.4. The van der Waals surface area contributed by atoms with Crippen LogP contribution in [0.4, 0.5) is 5.69 Å². The lowest BCUT2D eigenvalue weighted by atomic mass is 9.99. The standard InChI is InChI=1S/C18H25NO3/c1-3-13(2)14-8-10-16(11-9-14)19-17(20)12-22-18(21)15-6-4-5-7-15/h8-11,13,15H,3-7,12H2,1-2H3,(H,19,20)/t13-/m0/s1. The fraction of sp³-hybridized carbons (Fsp3) is 0.556. The van der Waals surface area contributed by atoms with Gasteiger partial charge in [0.15, 0.2) is 6.61 Å². The quantitative estimate of drug-likeness (QED) is 0.812. The molecule has 0 spiro atoms. The molecule has 22 heavy (non-hydrogen) atoms. The summed E-state index contributed by atoms with van der Waals surface area (Å²) in [5, 5.41) is 2.76. The van der Waals surface area contributed by atoms with E-state index in [4.69, 9.17) is 4.74 Å². The Balaban J connectivity index is 1.77. The molecule has 0 radical (unpaired) electrons. The number of amides is 1. The average Bonchev–Trinajstić information content (AvgIpc) is 3.07. The number of rotatable bonds is 6. The van der Waals surface area contributed by atoms with Crippen LogP contribution in [0.1, 0.15) is 57.4 Å². The van der Waals surface area contributed by atoms with Gasteiger partial charge in [0.05, 0.1) is 5.92 Å². The molecule has 0 unspecified atom stereocenters. The second-order valence-corrected chi connectivity index (χ2v) is 6.07. The van der Waals surface area contributed by atoms with E-state index < -0.39 is 0 Å². The number of benzene rings is 1. The Bertz CT molecular complexity index is 504. The van der Waals surface area contributed by atoms with Gasteiger partial charge >= 0.3 is 5.97 Å². The van der Waals surface area contributed by atoms with Crippen LogP contribution in [0.15, 0.2) is 24.3 Å². The number of anilines is 1. The average molecular weight is 303 g/mol. The van der Waals surface area contributed by atoms with Gasteiger partial charge in [-0.2, -0.15) is 0 Å². The number of hydrogen-bond acceptors (Lipinski definition) is 3. The highest BCUT2D eigenvalue weighted by molar-refractivity contribution is 5.92. The van der Waals surface area contributed by atoms with E-state index in [1.807, 2.05) is 24.3 Å². The molecule has 1 atom stereocenters. The zero-order chi connectivity index (χ0) is 15.9. The second-order valence-electron chi connectivity index (χ2n) is 6.07. The van der Waals surface area contributed by atoms with Crippen LogP contribution in [0.3, 0.4) is 0 Å². The van der Waals surface area contributed by atoms with Crippen LogP contribution in [0.25, 0.3) is 0 Å². The summed E-state index contributed by atoms with van der Waals surface area (Å²) in [4.78, 5) is 23.6. The molecule has 0 aliphatic heterocycles. The monoisotopic (exact) mass is 303 g/mol. The molecule has 1 amide bonds. The van der Waals surface area contributed by atoms with Crippen LogP contribution in [0, 0.1) is 5.92 Å². The second kappa shape index (κ2) is 7.97. The van der Waals surface area contributed by atoms with Gasteiger partial charge in [0.1, 0.15) is 0 Å². The molecule has 0 aromatic heterocycles. The normalized spacial score (nSPS) is 16.3. The molecule has 1 fully saturated rings. The third-order valence-electron chi connectivity index (χ3n) is 4.41. The molecule has 0 saturated heterocycles. The molecule has 1 aliphatic carbocycles. The summed E-state index contributed by atoms with van der Waals surface area (Å²) in [6.45, 7) is 4.12. The van der Waals surface area contributed by atoms with Gasteiger partial charge in [-0.15, -0.1) is 0 Å². The highest BCUT2D eigenvalue weighted by Crippen LogP contribution is 2.25. The minimum absolute atomic E-state index is 0.0115. The lowest BCUT2D eigenvalue weighted by Gasteiger charge is -2.11. The minimum Gasteiger partial charge on any atom is -0.455 e. The van der Waals surface area contributed by atoms with Crippen molar-refractivity contribution < 1.29 is 14.3 Å². The summed E-state index contributed by atoms with van der Waals surface area (Å²) < 4.78 is 5.09. The summed E-state index contributed by atoms with van der Waals surface area (Å²) in [5.74, 6) is -0.0258. The molecule has 1 aromatic rings. The van der Waals surface area contributed by atoms with Crippen LogP contribution in [0.2, 0.25) is 0 Å². The molecule has 1 saturated carbocycles. The van der Waals surface area contributed by atoms with Crippen LogP contribution in [0.5, 0.6) is 0 Å². The number of carbonyl (C=O) groups excluding carboxylic acids is 2. The van der Waals surface area contributed by atoms with E-state index in [0.717, 1.165) is 37.8 Å². The van der Waals surface area contributed by atoms with Gasteiger partial charge in [0.2, 0.25) is 0 Å². The highest BCUT2D eigenvalue weighted by atomic mass is 16.5. The van der Waals surface area contributed by atoms with E-state index in [1.165, 1.54) is 5.56 Å². The molecular weight excluding hydrogens is 278 g/mol. The van der Waals surface area contributed by atoms with Gasteiger partial charge in [-0.1, -0.05) is 38.8 Å². The lowest BCUT2D eigenvalue weighted by Crippen LogP contribution is -2.23. The van der Waals surface area contributed by atoms with Crippen LogP contribution < -0.4 is 5.32 Å². The van der Waals surface area contributed by atoms with Gasteiger partial charge in [-0.05, 0) is 42.9 Å². The Morgan fingerprint density at radius 1 is 1.23 bits per heavy atom. The maximum absolute atomic E-state index is 11.8. The fourth-order valence-electron chi connectivity index (χ4n) is 2.74. The largest absolute Gasteiger partial charge is 0.455 e. The topological polar surface area (TPSA) is 55.4 Å². The van der Waals surface area contributed by atoms with Crippen molar-refractivity contribution in [2.45, 2.75) is 51.9 Å². The number of esters is 1. The van der Waals surface area contributed by atoms with E-state index in [1.54, 1.807) is 0 Å². The third-order valence-corrected chi connectivity index (χ3v) is 4.41. The Labute approximate surface area is 132 Å². The van der Waals surface area contributed by atoms with Gasteiger partial charge < -0.3 is 10.1 Å². The molecule has 4 heteroatoms. The van der Waals surface area contributed by atoms with Gasteiger partial charge in [-0.25, -0.2) is 0 Å². The first-order valence-electron chi connectivity index (χ1n) is 8.16. The van der Waals surface area contributed by atoms with Crippen molar-refractivity contribution in [1.82, 2.24) is 0 Å². The van der Waals surface area contributed by atoms with Crippen molar-refractivity contribution in [3.63, 3.8) is 0 Å². The van der Waals surface area contributed by atoms with Gasteiger partial charge in [0.25, 0.3) is 5.91 Å². The summed E-state index contributed by atoms with van der Waals surface area (Å²) in [7, 11) is 0. The van der Waals surface area contributed by atoms with Crippen LogP contribution in [-0.2, 0) is 14.3 Å². The number of nitrogens with one attached hydrogen (secondary N) is 1. The summed E-state index contributed by atoms with van der Waals surface area (Å²) in [6.07, 6.45) is 5.01.